The minimum atomic E-state index is 0.625. The second-order valence-electron chi connectivity index (χ2n) is 8.60. The number of nitrogens with zero attached hydrogens (tertiary/aromatic N) is 2. The van der Waals surface area contributed by atoms with Crippen molar-refractivity contribution >= 4 is 48.8 Å². The first-order valence-electron chi connectivity index (χ1n) is 11.5. The maximum absolute atomic E-state index is 6.00. The predicted octanol–water partition coefficient (Wildman–Crippen LogP) is 9.02. The van der Waals surface area contributed by atoms with Gasteiger partial charge in [-0.1, -0.05) is 66.7 Å². The van der Waals surface area contributed by atoms with E-state index in [0.29, 0.717) is 5.89 Å². The van der Waals surface area contributed by atoms with Crippen molar-refractivity contribution in [3.63, 3.8) is 0 Å². The summed E-state index contributed by atoms with van der Waals surface area (Å²) in [6, 6.07) is 40.2. The van der Waals surface area contributed by atoms with Crippen LogP contribution < -0.4 is 0 Å². The minimum Gasteiger partial charge on any atom is -0.435 e. The summed E-state index contributed by atoms with van der Waals surface area (Å²) >= 11 is 3.54. The van der Waals surface area contributed by atoms with Crippen LogP contribution in [0, 0.1) is 0 Å². The van der Waals surface area contributed by atoms with Crippen molar-refractivity contribution in [2.45, 2.75) is 0 Å². The summed E-state index contributed by atoms with van der Waals surface area (Å²) in [5, 5.41) is 2.54. The molecule has 0 N–H and O–H groups in total. The molecule has 0 radical (unpaired) electrons. The quantitative estimate of drug-likeness (QED) is 0.235. The molecule has 7 rings (SSSR count). The molecule has 7 aromatic rings. The van der Waals surface area contributed by atoms with E-state index in [-0.39, 0.29) is 0 Å². The van der Waals surface area contributed by atoms with Crippen molar-refractivity contribution in [3.8, 4) is 28.3 Å². The first kappa shape index (κ1) is 20.2. The Morgan fingerprint density at radius 2 is 1.14 bits per heavy atom. The number of aromatic nitrogens is 2. The largest absolute Gasteiger partial charge is 0.435 e. The van der Waals surface area contributed by atoms with Gasteiger partial charge in [0.15, 0.2) is 5.58 Å². The van der Waals surface area contributed by atoms with E-state index in [0.717, 1.165) is 32.4 Å². The molecular weight excluding hydrogens is 496 g/mol. The molecule has 0 saturated heterocycles. The Morgan fingerprint density at radius 3 is 1.77 bits per heavy atom. The van der Waals surface area contributed by atoms with Crippen molar-refractivity contribution in [2.75, 3.05) is 0 Å². The number of fused-ring (bicyclic) bond motifs is 4. The van der Waals surface area contributed by atoms with Crippen molar-refractivity contribution < 1.29 is 4.42 Å². The van der Waals surface area contributed by atoms with Crippen molar-refractivity contribution in [3.05, 3.63) is 120 Å². The van der Waals surface area contributed by atoms with Crippen LogP contribution in [0.15, 0.2) is 124 Å². The fourth-order valence-corrected chi connectivity index (χ4v) is 5.28. The molecule has 0 unspecified atom stereocenters. The van der Waals surface area contributed by atoms with E-state index in [1.807, 2.05) is 18.2 Å². The van der Waals surface area contributed by atoms with Gasteiger partial charge in [0.1, 0.15) is 5.52 Å². The molecule has 0 atom stereocenters. The topological polar surface area (TPSA) is 31.0 Å². The van der Waals surface area contributed by atoms with Crippen LogP contribution in [0.25, 0.3) is 61.2 Å². The fourth-order valence-electron chi connectivity index (χ4n) is 4.85. The van der Waals surface area contributed by atoms with Crippen molar-refractivity contribution in [1.29, 1.82) is 0 Å². The Bertz CT molecular complexity index is 1790. The molecule has 0 bridgehead atoms. The summed E-state index contributed by atoms with van der Waals surface area (Å²) in [6.45, 7) is 0. The maximum atomic E-state index is 6.00. The zero-order valence-corrected chi connectivity index (χ0v) is 20.2. The van der Waals surface area contributed by atoms with Crippen LogP contribution in [0.1, 0.15) is 0 Å². The molecule has 0 aliphatic carbocycles. The number of rotatable bonds is 3. The molecule has 3 nitrogen and oxygen atoms in total. The first-order valence-corrected chi connectivity index (χ1v) is 12.3. The molecule has 4 heteroatoms. The molecule has 0 aliphatic rings. The first-order chi connectivity index (χ1) is 17.3. The molecule has 5 aromatic carbocycles. The number of hydrogen-bond donors (Lipinski definition) is 0. The zero-order chi connectivity index (χ0) is 23.4. The number of benzene rings is 5. The minimum absolute atomic E-state index is 0.625. The number of para-hydroxylation sites is 3. The second kappa shape index (κ2) is 7.97. The third-order valence-electron chi connectivity index (χ3n) is 6.54. The van der Waals surface area contributed by atoms with E-state index in [1.54, 1.807) is 0 Å². The van der Waals surface area contributed by atoms with Crippen LogP contribution in [0.4, 0.5) is 0 Å². The Hall–Kier alpha value is -4.15. The highest BCUT2D eigenvalue weighted by Gasteiger charge is 2.13. The molecular formula is C31H19BrN2O. The molecule has 0 spiro atoms. The number of halogens is 1. The monoisotopic (exact) mass is 514 g/mol. The Labute approximate surface area is 210 Å². The lowest BCUT2D eigenvalue weighted by Gasteiger charge is -2.09. The summed E-state index contributed by atoms with van der Waals surface area (Å²) in [5.74, 6) is 0.625. The van der Waals surface area contributed by atoms with Crippen LogP contribution in [-0.2, 0) is 0 Å². The smallest absolute Gasteiger partial charge is 0.227 e. The summed E-state index contributed by atoms with van der Waals surface area (Å²) in [5.41, 5.74) is 8.48. The van der Waals surface area contributed by atoms with E-state index in [1.165, 1.54) is 27.4 Å². The Balaban J connectivity index is 1.25. The summed E-state index contributed by atoms with van der Waals surface area (Å²) in [6.07, 6.45) is 0. The van der Waals surface area contributed by atoms with Gasteiger partial charge in [-0.15, -0.1) is 0 Å². The predicted molar refractivity (Wildman–Crippen MR) is 147 cm³/mol. The molecule has 0 saturated carbocycles. The van der Waals surface area contributed by atoms with E-state index in [4.69, 9.17) is 4.42 Å². The van der Waals surface area contributed by atoms with Gasteiger partial charge in [-0.25, -0.2) is 4.98 Å². The third kappa shape index (κ3) is 3.29. The van der Waals surface area contributed by atoms with Crippen LogP contribution in [-0.4, -0.2) is 9.55 Å². The lowest BCUT2D eigenvalue weighted by atomic mass is 10.0. The zero-order valence-electron chi connectivity index (χ0n) is 18.7. The third-order valence-corrected chi connectivity index (χ3v) is 7.16. The summed E-state index contributed by atoms with van der Waals surface area (Å²) < 4.78 is 9.24. The van der Waals surface area contributed by atoms with Crippen molar-refractivity contribution in [2.24, 2.45) is 0 Å². The van der Waals surface area contributed by atoms with Crippen molar-refractivity contribution in [1.82, 2.24) is 9.55 Å². The van der Waals surface area contributed by atoms with E-state index in [2.05, 4.69) is 123 Å². The van der Waals surface area contributed by atoms with Gasteiger partial charge in [-0.2, -0.15) is 0 Å². The molecule has 166 valence electrons. The normalized spacial score (nSPS) is 11.6. The van der Waals surface area contributed by atoms with Crippen LogP contribution in [0.5, 0.6) is 0 Å². The lowest BCUT2D eigenvalue weighted by Crippen LogP contribution is -1.93. The van der Waals surface area contributed by atoms with Crippen LogP contribution in [0.3, 0.4) is 0 Å². The van der Waals surface area contributed by atoms with E-state index < -0.39 is 0 Å². The summed E-state index contributed by atoms with van der Waals surface area (Å²) in [7, 11) is 0. The van der Waals surface area contributed by atoms with E-state index >= 15 is 0 Å². The molecule has 0 amide bonds. The van der Waals surface area contributed by atoms with Crippen LogP contribution >= 0.6 is 15.9 Å². The fraction of sp³-hybridized carbons (Fsp3) is 0. The highest BCUT2D eigenvalue weighted by atomic mass is 79.9. The van der Waals surface area contributed by atoms with Gasteiger partial charge in [0.05, 0.1) is 15.5 Å². The molecule has 0 fully saturated rings. The van der Waals surface area contributed by atoms with Gasteiger partial charge in [0, 0.05) is 22.0 Å². The van der Waals surface area contributed by atoms with Gasteiger partial charge >= 0.3 is 0 Å². The van der Waals surface area contributed by atoms with E-state index in [9.17, 15) is 0 Å². The number of hydrogen-bond acceptors (Lipinski definition) is 2. The highest BCUT2D eigenvalue weighted by molar-refractivity contribution is 9.10. The average molecular weight is 515 g/mol. The SMILES string of the molecule is Brc1cccc2nc(-c3ccc(-c4ccc(-n5c6ccccc6c6ccccc65)cc4)cc3)oc12. The second-order valence-corrected chi connectivity index (χ2v) is 9.46. The highest BCUT2D eigenvalue weighted by Crippen LogP contribution is 2.33. The average Bonchev–Trinajstić information content (AvgIpc) is 3.50. The standard InChI is InChI=1S/C31H19BrN2O/c32-26-8-5-9-27-30(26)35-31(33-27)22-14-12-20(13-15-22)21-16-18-23(19-17-21)34-28-10-3-1-6-24(28)25-7-2-4-11-29(25)34/h1-19H. The molecule has 2 aromatic heterocycles. The Morgan fingerprint density at radius 1 is 0.571 bits per heavy atom. The lowest BCUT2D eigenvalue weighted by molar-refractivity contribution is 0.618. The van der Waals surface area contributed by atoms with Crippen LogP contribution in [0.2, 0.25) is 0 Å². The summed E-state index contributed by atoms with van der Waals surface area (Å²) in [4.78, 5) is 4.64. The Kier molecular flexibility index (Phi) is 4.61. The van der Waals surface area contributed by atoms with Gasteiger partial charge < -0.3 is 8.98 Å². The maximum Gasteiger partial charge on any atom is 0.227 e. The molecule has 35 heavy (non-hydrogen) atoms. The van der Waals surface area contributed by atoms with Gasteiger partial charge in [0.25, 0.3) is 0 Å². The molecule has 2 heterocycles. The van der Waals surface area contributed by atoms with Gasteiger partial charge in [0.2, 0.25) is 5.89 Å². The number of oxazole rings is 1. The van der Waals surface area contributed by atoms with Gasteiger partial charge in [-0.3, -0.25) is 0 Å². The van der Waals surface area contributed by atoms with Gasteiger partial charge in [-0.05, 0) is 75.6 Å². The molecule has 0 aliphatic heterocycles.